The zero-order valence-electron chi connectivity index (χ0n) is 37.3. The lowest BCUT2D eigenvalue weighted by atomic mass is 10.0. The highest BCUT2D eigenvalue weighted by atomic mass is 32.2. The van der Waals surface area contributed by atoms with Crippen molar-refractivity contribution in [3.05, 3.63) is 106 Å². The fraction of sp³-hybridized carbons (Fsp3) is 0.340. The number of thiazole rings is 1. The molecule has 1 unspecified atom stereocenters. The number of aromatic nitrogens is 3. The molecule has 2 aliphatic rings. The maximum Gasteiger partial charge on any atom is 0.262 e. The van der Waals surface area contributed by atoms with Crippen molar-refractivity contribution in [3.63, 3.8) is 0 Å². The van der Waals surface area contributed by atoms with Gasteiger partial charge in [-0.2, -0.15) is 0 Å². The van der Waals surface area contributed by atoms with Crippen LogP contribution in [0, 0.1) is 13.8 Å². The minimum Gasteiger partial charge on any atom is -0.385 e. The second-order valence-corrected chi connectivity index (χ2v) is 19.2. The summed E-state index contributed by atoms with van der Waals surface area (Å²) in [6.07, 6.45) is 10.1. The molecule has 5 aromatic rings. The Hall–Kier alpha value is -7.06. The Kier molecular flexibility index (Phi) is 15.0. The standard InChI is InChI=1S/C47H51N9O9S2/c1-28-29(2)55(67(3,64)65)26-37(28)43(60)51-25-42(59)54-47-52-38(27-66-47)32-12-10-11-30(21-32)31-17-20-49-34(22-31)24-41(58)50-19-9-7-5-4-6-8-18-48-33-13-14-35-36(23-33)46(63)56(45(35)62)39-15-16-40(57)53-44(39)61/h10-14,17,20-23,26-27,39,48H,4-9,15-16,18-19,24-25H2,1-3H3,(H,50,58)(H,51,60)(H,52,54,59)(H,53,57,61). The van der Waals surface area contributed by atoms with E-state index in [2.05, 4.69) is 36.6 Å². The molecular formula is C47H51N9O9S2. The predicted molar refractivity (Wildman–Crippen MR) is 252 cm³/mol. The van der Waals surface area contributed by atoms with Gasteiger partial charge in [-0.1, -0.05) is 43.9 Å². The second kappa shape index (κ2) is 21.1. The minimum atomic E-state index is -3.59. The van der Waals surface area contributed by atoms with E-state index in [1.54, 1.807) is 38.2 Å². The number of carbonyl (C=O) groups is 7. The number of rotatable bonds is 20. The number of imide groups is 2. The van der Waals surface area contributed by atoms with Crippen molar-refractivity contribution in [2.45, 2.75) is 77.7 Å². The van der Waals surface area contributed by atoms with Crippen LogP contribution in [-0.2, 0) is 35.6 Å². The van der Waals surface area contributed by atoms with Crippen LogP contribution in [0.2, 0.25) is 0 Å². The molecule has 350 valence electrons. The van der Waals surface area contributed by atoms with Crippen molar-refractivity contribution in [1.82, 2.24) is 34.8 Å². The summed E-state index contributed by atoms with van der Waals surface area (Å²) in [6, 6.07) is 15.5. The van der Waals surface area contributed by atoms with Gasteiger partial charge >= 0.3 is 0 Å². The third-order valence-corrected chi connectivity index (χ3v) is 13.5. The first-order valence-corrected chi connectivity index (χ1v) is 24.6. The molecule has 1 fully saturated rings. The topological polar surface area (TPSA) is 248 Å². The van der Waals surface area contributed by atoms with Gasteiger partial charge in [-0.15, -0.1) is 11.3 Å². The normalized spacial score (nSPS) is 14.7. The van der Waals surface area contributed by atoms with Gasteiger partial charge in [0.2, 0.25) is 33.7 Å². The van der Waals surface area contributed by atoms with E-state index in [9.17, 15) is 42.0 Å². The van der Waals surface area contributed by atoms with Gasteiger partial charge in [-0.05, 0) is 86.2 Å². The summed E-state index contributed by atoms with van der Waals surface area (Å²) >= 11 is 1.23. The van der Waals surface area contributed by atoms with Crippen molar-refractivity contribution in [2.24, 2.45) is 0 Å². The lowest BCUT2D eigenvalue weighted by molar-refractivity contribution is -0.136. The monoisotopic (exact) mass is 949 g/mol. The highest BCUT2D eigenvalue weighted by Crippen LogP contribution is 2.31. The van der Waals surface area contributed by atoms with Gasteiger partial charge in [0.05, 0.1) is 47.3 Å². The lowest BCUT2D eigenvalue weighted by Crippen LogP contribution is -2.54. The number of nitrogens with one attached hydrogen (secondary N) is 5. The van der Waals surface area contributed by atoms with Gasteiger partial charge in [0, 0.05) is 54.2 Å². The summed E-state index contributed by atoms with van der Waals surface area (Å²) in [5, 5.41) is 15.9. The molecule has 18 nitrogen and oxygen atoms in total. The summed E-state index contributed by atoms with van der Waals surface area (Å²) in [7, 11) is -3.59. The Labute approximate surface area is 391 Å². The Balaban J connectivity index is 0.782. The van der Waals surface area contributed by atoms with Crippen LogP contribution < -0.4 is 26.6 Å². The first kappa shape index (κ1) is 47.9. The molecule has 3 aromatic heterocycles. The number of hydrogen-bond acceptors (Lipinski definition) is 13. The highest BCUT2D eigenvalue weighted by molar-refractivity contribution is 7.89. The van der Waals surface area contributed by atoms with Gasteiger partial charge in [0.1, 0.15) is 6.04 Å². The number of hydrogen-bond donors (Lipinski definition) is 5. The van der Waals surface area contributed by atoms with Crippen LogP contribution in [-0.4, -0.2) is 101 Å². The molecule has 67 heavy (non-hydrogen) atoms. The minimum absolute atomic E-state index is 0.0696. The Morgan fingerprint density at radius 2 is 1.55 bits per heavy atom. The number of anilines is 2. The third kappa shape index (κ3) is 11.7. The number of carbonyl (C=O) groups excluding carboxylic acids is 7. The molecule has 5 N–H and O–H groups in total. The molecule has 2 aromatic carbocycles. The van der Waals surface area contributed by atoms with Crippen molar-refractivity contribution in [3.8, 4) is 22.4 Å². The molecule has 2 aliphatic heterocycles. The molecule has 0 saturated carbocycles. The molecule has 7 rings (SSSR count). The molecule has 1 atom stereocenters. The molecule has 0 radical (unpaired) electrons. The zero-order chi connectivity index (χ0) is 47.8. The van der Waals surface area contributed by atoms with Crippen LogP contribution in [0.5, 0.6) is 0 Å². The maximum absolute atomic E-state index is 13.1. The van der Waals surface area contributed by atoms with E-state index in [0.717, 1.165) is 70.3 Å². The zero-order valence-corrected chi connectivity index (χ0v) is 38.9. The van der Waals surface area contributed by atoms with Crippen molar-refractivity contribution >= 4 is 73.5 Å². The van der Waals surface area contributed by atoms with Crippen LogP contribution >= 0.6 is 11.3 Å². The predicted octanol–water partition coefficient (Wildman–Crippen LogP) is 4.98. The number of amides is 7. The first-order valence-electron chi connectivity index (χ1n) is 21.9. The highest BCUT2D eigenvalue weighted by Gasteiger charge is 2.44. The van der Waals surface area contributed by atoms with Crippen molar-refractivity contribution in [1.29, 1.82) is 0 Å². The fourth-order valence-electron chi connectivity index (χ4n) is 7.97. The Morgan fingerprint density at radius 3 is 2.30 bits per heavy atom. The van der Waals surface area contributed by atoms with Crippen molar-refractivity contribution < 1.29 is 42.0 Å². The molecule has 0 bridgehead atoms. The molecular weight excluding hydrogens is 899 g/mol. The van der Waals surface area contributed by atoms with Crippen LogP contribution in [0.1, 0.15) is 99.4 Å². The summed E-state index contributed by atoms with van der Waals surface area (Å²) in [5.74, 6) is -3.29. The number of piperidine rings is 1. The van der Waals surface area contributed by atoms with E-state index in [1.807, 2.05) is 41.8 Å². The van der Waals surface area contributed by atoms with Crippen LogP contribution in [0.25, 0.3) is 22.4 Å². The summed E-state index contributed by atoms with van der Waals surface area (Å²) in [5.41, 5.74) is 6.14. The average Bonchev–Trinajstić information content (AvgIpc) is 3.96. The van der Waals surface area contributed by atoms with E-state index in [0.29, 0.717) is 46.6 Å². The first-order chi connectivity index (χ1) is 32.1. The molecule has 0 spiro atoms. The van der Waals surface area contributed by atoms with Crippen LogP contribution in [0.3, 0.4) is 0 Å². The molecule has 7 amide bonds. The molecule has 5 heterocycles. The summed E-state index contributed by atoms with van der Waals surface area (Å²) < 4.78 is 25.1. The molecule has 20 heteroatoms. The summed E-state index contributed by atoms with van der Waals surface area (Å²) in [4.78, 5) is 98.1. The third-order valence-electron chi connectivity index (χ3n) is 11.6. The van der Waals surface area contributed by atoms with Gasteiger partial charge in [0.15, 0.2) is 5.13 Å². The molecule has 0 aliphatic carbocycles. The fourth-order valence-corrected chi connectivity index (χ4v) is 9.63. The van der Waals surface area contributed by atoms with Crippen LogP contribution in [0.4, 0.5) is 10.8 Å². The second-order valence-electron chi connectivity index (χ2n) is 16.5. The van der Waals surface area contributed by atoms with Gasteiger partial charge in [-0.25, -0.2) is 17.4 Å². The number of pyridine rings is 1. The van der Waals surface area contributed by atoms with Gasteiger partial charge < -0.3 is 21.3 Å². The van der Waals surface area contributed by atoms with Crippen LogP contribution in [0.15, 0.2) is 72.4 Å². The Bertz CT molecular complexity index is 2870. The van der Waals surface area contributed by atoms with Gasteiger partial charge in [-0.3, -0.25) is 48.8 Å². The van der Waals surface area contributed by atoms with E-state index in [1.165, 1.54) is 17.5 Å². The number of benzene rings is 2. The number of nitrogens with zero attached hydrogens (tertiary/aromatic N) is 4. The SMILES string of the molecule is Cc1c(C(=O)NCC(=O)Nc2nc(-c3cccc(-c4ccnc(CC(=O)NCCCCCCCCNc5ccc6c(c5)C(=O)N(C5CCC(=O)NC5=O)C6=O)c4)c3)cs2)cn(S(C)(=O)=O)c1C. The Morgan fingerprint density at radius 1 is 0.836 bits per heavy atom. The van der Waals surface area contributed by atoms with E-state index in [4.69, 9.17) is 0 Å². The van der Waals surface area contributed by atoms with E-state index < -0.39 is 51.5 Å². The van der Waals surface area contributed by atoms with Gasteiger partial charge in [0.25, 0.3) is 17.7 Å². The molecule has 1 saturated heterocycles. The van der Waals surface area contributed by atoms with Crippen molar-refractivity contribution in [2.75, 3.05) is 36.5 Å². The summed E-state index contributed by atoms with van der Waals surface area (Å²) in [6.45, 7) is 4.15. The largest absolute Gasteiger partial charge is 0.385 e. The average molecular weight is 950 g/mol. The quantitative estimate of drug-likeness (QED) is 0.0512. The van der Waals surface area contributed by atoms with E-state index >= 15 is 0 Å². The number of fused-ring (bicyclic) bond motifs is 1. The number of unbranched alkanes of at least 4 members (excludes halogenated alkanes) is 5. The lowest BCUT2D eigenvalue weighted by Gasteiger charge is -2.27. The van der Waals surface area contributed by atoms with E-state index in [-0.39, 0.29) is 48.4 Å². The smallest absolute Gasteiger partial charge is 0.262 e. The maximum atomic E-state index is 13.1.